The van der Waals surface area contributed by atoms with Crippen molar-refractivity contribution in [2.45, 2.75) is 57.7 Å². The first-order valence-corrected chi connectivity index (χ1v) is 13.3. The second-order valence-electron chi connectivity index (χ2n) is 10.0. The van der Waals surface area contributed by atoms with E-state index < -0.39 is 0 Å². The highest BCUT2D eigenvalue weighted by Gasteiger charge is 2.36. The molecule has 0 unspecified atom stereocenters. The van der Waals surface area contributed by atoms with Gasteiger partial charge in [0.1, 0.15) is 12.4 Å². The predicted octanol–water partition coefficient (Wildman–Crippen LogP) is 3.52. The van der Waals surface area contributed by atoms with Crippen molar-refractivity contribution in [3.05, 3.63) is 59.2 Å². The molecule has 1 saturated carbocycles. The molecule has 1 atom stereocenters. The van der Waals surface area contributed by atoms with Crippen LogP contribution < -0.4 is 10.1 Å². The van der Waals surface area contributed by atoms with Crippen LogP contribution in [0.15, 0.2) is 42.5 Å². The average Bonchev–Trinajstić information content (AvgIpc) is 3.63. The lowest BCUT2D eigenvalue weighted by molar-refractivity contribution is -0.137. The van der Waals surface area contributed by atoms with Crippen LogP contribution in [0.25, 0.3) is 11.4 Å². The average molecular weight is 505 g/mol. The summed E-state index contributed by atoms with van der Waals surface area (Å²) in [7, 11) is 1.73. The largest absolute Gasteiger partial charge is 0.489 e. The van der Waals surface area contributed by atoms with E-state index in [0.717, 1.165) is 74.1 Å². The summed E-state index contributed by atoms with van der Waals surface area (Å²) in [6, 6.07) is 14.8. The lowest BCUT2D eigenvalue weighted by Gasteiger charge is -2.30. The minimum atomic E-state index is 0.0883. The van der Waals surface area contributed by atoms with Crippen LogP contribution in [-0.4, -0.2) is 64.3 Å². The van der Waals surface area contributed by atoms with Crippen molar-refractivity contribution >= 4 is 5.91 Å². The van der Waals surface area contributed by atoms with E-state index in [-0.39, 0.29) is 5.92 Å². The summed E-state index contributed by atoms with van der Waals surface area (Å²) in [4.78, 5) is 15.5. The summed E-state index contributed by atoms with van der Waals surface area (Å²) >= 11 is 0. The minimum Gasteiger partial charge on any atom is -0.489 e. The summed E-state index contributed by atoms with van der Waals surface area (Å²) in [5.41, 5.74) is 4.29. The number of carbonyl (C=O) groups excluding carboxylic acids is 1. The van der Waals surface area contributed by atoms with Crippen molar-refractivity contribution in [1.82, 2.24) is 30.8 Å². The van der Waals surface area contributed by atoms with Gasteiger partial charge in [0.2, 0.25) is 11.7 Å². The van der Waals surface area contributed by atoms with Gasteiger partial charge in [0.05, 0.1) is 5.92 Å². The first-order chi connectivity index (χ1) is 18.2. The van der Waals surface area contributed by atoms with E-state index in [4.69, 9.17) is 9.47 Å². The zero-order valence-corrected chi connectivity index (χ0v) is 21.5. The van der Waals surface area contributed by atoms with Crippen molar-refractivity contribution in [2.24, 2.45) is 5.92 Å². The molecule has 1 aromatic heterocycles. The number of ether oxygens (including phenoxy) is 2. The molecule has 196 valence electrons. The van der Waals surface area contributed by atoms with Gasteiger partial charge in [-0.25, -0.2) is 0 Å². The Morgan fingerprint density at radius 3 is 2.62 bits per heavy atom. The van der Waals surface area contributed by atoms with Crippen LogP contribution in [0.4, 0.5) is 0 Å². The minimum absolute atomic E-state index is 0.0883. The number of amides is 1. The number of nitrogens with zero attached hydrogens (tertiary/aromatic N) is 4. The van der Waals surface area contributed by atoms with Gasteiger partial charge in [0.15, 0.2) is 0 Å². The van der Waals surface area contributed by atoms with Gasteiger partial charge in [-0.3, -0.25) is 4.79 Å². The monoisotopic (exact) mass is 504 g/mol. The number of nitrogens with one attached hydrogen (secondary N) is 2. The standard InChI is InChI=1S/C28H36N6O3/c1-36-13-3-4-21-14-22(18-34(25-10-11-25)28(35)24-5-2-12-29-17-24)16-26(15-21)37-19-20-6-8-23(9-7-20)27-30-32-33-31-27/h6-9,14-16,24-25,29H,2-5,10-13,17-19H2,1H3,(H,30,31,32,33)/t24-/m1/s1. The second-order valence-corrected chi connectivity index (χ2v) is 10.0. The van der Waals surface area contributed by atoms with Gasteiger partial charge in [-0.05, 0) is 79.1 Å². The molecule has 2 N–H and O–H groups in total. The Morgan fingerprint density at radius 1 is 1.08 bits per heavy atom. The van der Waals surface area contributed by atoms with Crippen LogP contribution in [0.2, 0.25) is 0 Å². The fourth-order valence-electron chi connectivity index (χ4n) is 4.94. The van der Waals surface area contributed by atoms with Crippen LogP contribution in [0.3, 0.4) is 0 Å². The molecule has 0 spiro atoms. The third-order valence-electron chi connectivity index (χ3n) is 7.07. The van der Waals surface area contributed by atoms with Crippen LogP contribution >= 0.6 is 0 Å². The Balaban J connectivity index is 1.29. The third-order valence-corrected chi connectivity index (χ3v) is 7.07. The van der Waals surface area contributed by atoms with E-state index >= 15 is 0 Å². The Kier molecular flexibility index (Phi) is 8.42. The number of hydrogen-bond donors (Lipinski definition) is 2. The third kappa shape index (κ3) is 6.93. The molecule has 1 amide bonds. The van der Waals surface area contributed by atoms with Gasteiger partial charge < -0.3 is 19.7 Å². The molecule has 37 heavy (non-hydrogen) atoms. The highest BCUT2D eigenvalue weighted by atomic mass is 16.5. The van der Waals surface area contributed by atoms with Crippen LogP contribution in [0, 0.1) is 5.92 Å². The number of H-pyrrole nitrogens is 1. The number of hydrogen-bond acceptors (Lipinski definition) is 7. The number of carbonyl (C=O) groups is 1. The predicted molar refractivity (Wildman–Crippen MR) is 140 cm³/mol. The number of tetrazole rings is 1. The smallest absolute Gasteiger partial charge is 0.227 e. The fourth-order valence-corrected chi connectivity index (χ4v) is 4.94. The molecule has 2 heterocycles. The molecule has 1 aliphatic carbocycles. The Labute approximate surface area is 217 Å². The lowest BCUT2D eigenvalue weighted by Crippen LogP contribution is -2.43. The van der Waals surface area contributed by atoms with Gasteiger partial charge in [-0.2, -0.15) is 5.21 Å². The molecular formula is C28H36N6O3. The summed E-state index contributed by atoms with van der Waals surface area (Å²) in [6.45, 7) is 3.60. The van der Waals surface area contributed by atoms with Crippen molar-refractivity contribution in [3.63, 3.8) is 0 Å². The van der Waals surface area contributed by atoms with Crippen molar-refractivity contribution in [2.75, 3.05) is 26.8 Å². The highest BCUT2D eigenvalue weighted by molar-refractivity contribution is 5.80. The van der Waals surface area contributed by atoms with E-state index in [1.807, 2.05) is 24.3 Å². The van der Waals surface area contributed by atoms with Gasteiger partial charge in [-0.15, -0.1) is 10.2 Å². The molecule has 3 aromatic rings. The summed E-state index contributed by atoms with van der Waals surface area (Å²) in [5.74, 6) is 1.78. The molecule has 2 aromatic carbocycles. The van der Waals surface area contributed by atoms with E-state index in [2.05, 4.69) is 49.0 Å². The molecule has 2 fully saturated rings. The quantitative estimate of drug-likeness (QED) is 0.364. The highest BCUT2D eigenvalue weighted by Crippen LogP contribution is 2.32. The maximum Gasteiger partial charge on any atom is 0.227 e. The van der Waals surface area contributed by atoms with E-state index in [1.54, 1.807) is 7.11 Å². The first kappa shape index (κ1) is 25.4. The first-order valence-electron chi connectivity index (χ1n) is 13.3. The van der Waals surface area contributed by atoms with Crippen LogP contribution in [-0.2, 0) is 29.1 Å². The lowest BCUT2D eigenvalue weighted by atomic mass is 9.97. The molecule has 5 rings (SSSR count). The van der Waals surface area contributed by atoms with E-state index in [9.17, 15) is 4.79 Å². The van der Waals surface area contributed by atoms with Crippen LogP contribution in [0.5, 0.6) is 5.75 Å². The molecule has 1 saturated heterocycles. The van der Waals surface area contributed by atoms with Crippen molar-refractivity contribution in [1.29, 1.82) is 0 Å². The molecule has 0 radical (unpaired) electrons. The van der Waals surface area contributed by atoms with Crippen molar-refractivity contribution in [3.8, 4) is 17.1 Å². The Hall–Kier alpha value is -3.30. The topological polar surface area (TPSA) is 105 Å². The maximum absolute atomic E-state index is 13.4. The number of aromatic amines is 1. The zero-order valence-electron chi connectivity index (χ0n) is 21.5. The maximum atomic E-state index is 13.4. The molecule has 0 bridgehead atoms. The summed E-state index contributed by atoms with van der Waals surface area (Å²) < 4.78 is 11.5. The number of benzene rings is 2. The summed E-state index contributed by atoms with van der Waals surface area (Å²) in [5, 5.41) is 17.5. The van der Waals surface area contributed by atoms with Crippen molar-refractivity contribution < 1.29 is 14.3 Å². The molecule has 2 aliphatic rings. The number of rotatable bonds is 12. The number of methoxy groups -OCH3 is 1. The fraction of sp³-hybridized carbons (Fsp3) is 0.500. The number of aryl methyl sites for hydroxylation is 1. The zero-order chi connectivity index (χ0) is 25.5. The summed E-state index contributed by atoms with van der Waals surface area (Å²) in [6.07, 6.45) is 6.09. The van der Waals surface area contributed by atoms with E-state index in [1.165, 1.54) is 5.56 Å². The van der Waals surface area contributed by atoms with Gasteiger partial charge in [0.25, 0.3) is 0 Å². The normalized spacial score (nSPS) is 17.5. The molecule has 9 nitrogen and oxygen atoms in total. The Bertz CT molecular complexity index is 1140. The molecule has 1 aliphatic heterocycles. The van der Waals surface area contributed by atoms with E-state index in [0.29, 0.717) is 37.5 Å². The number of piperidine rings is 1. The van der Waals surface area contributed by atoms with Gasteiger partial charge in [0, 0.05) is 38.4 Å². The SMILES string of the molecule is COCCCc1cc(CN(C(=O)[C@@H]2CCCNC2)C2CC2)cc(OCc2ccc(-c3nn[nH]n3)cc2)c1. The molecule has 9 heteroatoms. The van der Waals surface area contributed by atoms with Gasteiger partial charge >= 0.3 is 0 Å². The molecular weight excluding hydrogens is 468 g/mol. The van der Waals surface area contributed by atoms with Crippen LogP contribution in [0.1, 0.15) is 48.8 Å². The Morgan fingerprint density at radius 2 is 1.92 bits per heavy atom. The second kappa shape index (κ2) is 12.3. The van der Waals surface area contributed by atoms with Gasteiger partial charge in [-0.1, -0.05) is 30.3 Å². The number of aromatic nitrogens is 4.